The van der Waals surface area contributed by atoms with Crippen LogP contribution in [0, 0.1) is 5.92 Å². The van der Waals surface area contributed by atoms with Gasteiger partial charge in [-0.3, -0.25) is 0 Å². The molecule has 0 aliphatic carbocycles. The summed E-state index contributed by atoms with van der Waals surface area (Å²) in [7, 11) is 0. The Hall–Kier alpha value is -1.79. The predicted molar refractivity (Wildman–Crippen MR) is 80.6 cm³/mol. The zero-order chi connectivity index (χ0) is 13.9. The SMILES string of the molecule is CC(CN)CCc1nn2c(-c3ccccc3)nnc2s1. The van der Waals surface area contributed by atoms with Crippen LogP contribution in [0.2, 0.25) is 0 Å². The molecule has 2 aromatic heterocycles. The summed E-state index contributed by atoms with van der Waals surface area (Å²) >= 11 is 1.60. The maximum atomic E-state index is 5.65. The van der Waals surface area contributed by atoms with E-state index in [-0.39, 0.29) is 0 Å². The van der Waals surface area contributed by atoms with Crippen LogP contribution in [0.25, 0.3) is 16.3 Å². The van der Waals surface area contributed by atoms with Crippen molar-refractivity contribution in [1.82, 2.24) is 19.8 Å². The lowest BCUT2D eigenvalue weighted by Crippen LogP contribution is -2.11. The first-order valence-electron chi connectivity index (χ1n) is 6.74. The predicted octanol–water partition coefficient (Wildman–Crippen LogP) is 2.38. The summed E-state index contributed by atoms with van der Waals surface area (Å²) in [4.78, 5) is 0.847. The molecule has 2 heterocycles. The summed E-state index contributed by atoms with van der Waals surface area (Å²) in [6.45, 7) is 2.88. The van der Waals surface area contributed by atoms with Gasteiger partial charge in [0.2, 0.25) is 4.96 Å². The van der Waals surface area contributed by atoms with Gasteiger partial charge in [-0.1, -0.05) is 48.6 Å². The molecule has 5 nitrogen and oxygen atoms in total. The van der Waals surface area contributed by atoms with Crippen molar-refractivity contribution in [1.29, 1.82) is 0 Å². The summed E-state index contributed by atoms with van der Waals surface area (Å²) in [5, 5.41) is 14.1. The minimum atomic E-state index is 0.526. The Labute approximate surface area is 121 Å². The summed E-state index contributed by atoms with van der Waals surface area (Å²) in [5.74, 6) is 1.33. The third kappa shape index (κ3) is 2.57. The number of hydrogen-bond acceptors (Lipinski definition) is 5. The fraction of sp³-hybridized carbons (Fsp3) is 0.357. The molecule has 0 fully saturated rings. The Bertz CT molecular complexity index is 688. The monoisotopic (exact) mass is 287 g/mol. The van der Waals surface area contributed by atoms with Crippen molar-refractivity contribution >= 4 is 16.3 Å². The minimum absolute atomic E-state index is 0.526. The maximum Gasteiger partial charge on any atom is 0.234 e. The van der Waals surface area contributed by atoms with Gasteiger partial charge in [0.15, 0.2) is 5.82 Å². The molecule has 3 rings (SSSR count). The van der Waals surface area contributed by atoms with E-state index in [1.807, 2.05) is 34.8 Å². The second-order valence-corrected chi connectivity index (χ2v) is 6.00. The number of rotatable bonds is 5. The fourth-order valence-electron chi connectivity index (χ4n) is 2.01. The highest BCUT2D eigenvalue weighted by atomic mass is 32.1. The second-order valence-electron chi connectivity index (χ2n) is 4.96. The molecule has 0 radical (unpaired) electrons. The van der Waals surface area contributed by atoms with E-state index >= 15 is 0 Å². The number of hydrogen-bond donors (Lipinski definition) is 1. The van der Waals surface area contributed by atoms with Gasteiger partial charge in [-0.05, 0) is 18.9 Å². The molecule has 0 spiro atoms. The summed E-state index contributed by atoms with van der Waals surface area (Å²) in [5.41, 5.74) is 6.68. The van der Waals surface area contributed by atoms with Gasteiger partial charge >= 0.3 is 0 Å². The molecule has 0 aliphatic heterocycles. The van der Waals surface area contributed by atoms with E-state index in [0.717, 1.165) is 40.7 Å². The third-order valence-electron chi connectivity index (χ3n) is 3.32. The van der Waals surface area contributed by atoms with Gasteiger partial charge in [-0.25, -0.2) is 0 Å². The number of nitrogens with zero attached hydrogens (tertiary/aromatic N) is 4. The van der Waals surface area contributed by atoms with Gasteiger partial charge in [0.1, 0.15) is 5.01 Å². The Morgan fingerprint density at radius 2 is 2.05 bits per heavy atom. The average Bonchev–Trinajstić information content (AvgIpc) is 3.05. The first-order valence-corrected chi connectivity index (χ1v) is 7.56. The van der Waals surface area contributed by atoms with Crippen LogP contribution in [0.4, 0.5) is 0 Å². The molecule has 20 heavy (non-hydrogen) atoms. The fourth-order valence-corrected chi connectivity index (χ4v) is 2.86. The molecule has 6 heteroatoms. The van der Waals surface area contributed by atoms with Crippen molar-refractivity contribution in [2.45, 2.75) is 19.8 Å². The Kier molecular flexibility index (Phi) is 3.75. The van der Waals surface area contributed by atoms with E-state index in [2.05, 4.69) is 22.2 Å². The van der Waals surface area contributed by atoms with Crippen LogP contribution in [0.1, 0.15) is 18.4 Å². The van der Waals surface area contributed by atoms with Crippen molar-refractivity contribution < 1.29 is 0 Å². The summed E-state index contributed by atoms with van der Waals surface area (Å²) in [6.07, 6.45) is 2.00. The van der Waals surface area contributed by atoms with Gasteiger partial charge in [0.25, 0.3) is 0 Å². The highest BCUT2D eigenvalue weighted by Gasteiger charge is 2.13. The molecule has 0 saturated heterocycles. The summed E-state index contributed by atoms with van der Waals surface area (Å²) in [6, 6.07) is 10.0. The topological polar surface area (TPSA) is 69.1 Å². The highest BCUT2D eigenvalue weighted by molar-refractivity contribution is 7.16. The van der Waals surface area contributed by atoms with Crippen LogP contribution in [-0.2, 0) is 6.42 Å². The Morgan fingerprint density at radius 1 is 1.25 bits per heavy atom. The lowest BCUT2D eigenvalue weighted by Gasteiger charge is -2.04. The van der Waals surface area contributed by atoms with E-state index in [4.69, 9.17) is 5.73 Å². The Morgan fingerprint density at radius 3 is 2.80 bits per heavy atom. The van der Waals surface area contributed by atoms with E-state index < -0.39 is 0 Å². The lowest BCUT2D eigenvalue weighted by atomic mass is 10.1. The van der Waals surface area contributed by atoms with Crippen LogP contribution < -0.4 is 5.73 Å². The van der Waals surface area contributed by atoms with Crippen molar-refractivity contribution in [2.24, 2.45) is 11.7 Å². The average molecular weight is 287 g/mol. The van der Waals surface area contributed by atoms with E-state index in [0.29, 0.717) is 5.92 Å². The van der Waals surface area contributed by atoms with E-state index in [9.17, 15) is 0 Å². The molecule has 0 aliphatic rings. The van der Waals surface area contributed by atoms with Crippen LogP contribution in [0.3, 0.4) is 0 Å². The molecular formula is C14H17N5S. The van der Waals surface area contributed by atoms with Gasteiger partial charge < -0.3 is 5.73 Å². The van der Waals surface area contributed by atoms with Crippen LogP contribution in [-0.4, -0.2) is 26.4 Å². The first kappa shape index (κ1) is 13.2. The van der Waals surface area contributed by atoms with Crippen molar-refractivity contribution in [3.8, 4) is 11.4 Å². The zero-order valence-corrected chi connectivity index (χ0v) is 12.2. The normalized spacial score (nSPS) is 12.9. The molecule has 0 amide bonds. The quantitative estimate of drug-likeness (QED) is 0.782. The number of fused-ring (bicyclic) bond motifs is 1. The van der Waals surface area contributed by atoms with Crippen LogP contribution in [0.5, 0.6) is 0 Å². The maximum absolute atomic E-state index is 5.65. The molecule has 0 saturated carbocycles. The molecule has 1 unspecified atom stereocenters. The van der Waals surface area contributed by atoms with Crippen LogP contribution in [0.15, 0.2) is 30.3 Å². The van der Waals surface area contributed by atoms with Gasteiger partial charge in [0.05, 0.1) is 0 Å². The number of benzene rings is 1. The van der Waals surface area contributed by atoms with Crippen molar-refractivity contribution in [3.63, 3.8) is 0 Å². The number of nitrogens with two attached hydrogens (primary N) is 1. The number of aryl methyl sites for hydroxylation is 1. The zero-order valence-electron chi connectivity index (χ0n) is 11.4. The lowest BCUT2D eigenvalue weighted by molar-refractivity contribution is 0.542. The third-order valence-corrected chi connectivity index (χ3v) is 4.28. The van der Waals surface area contributed by atoms with Gasteiger partial charge in [-0.15, -0.1) is 10.2 Å². The van der Waals surface area contributed by atoms with Crippen LogP contribution >= 0.6 is 11.3 Å². The van der Waals surface area contributed by atoms with E-state index in [1.54, 1.807) is 11.3 Å². The first-order chi connectivity index (χ1) is 9.78. The largest absolute Gasteiger partial charge is 0.330 e. The van der Waals surface area contributed by atoms with Crippen molar-refractivity contribution in [3.05, 3.63) is 35.3 Å². The highest BCUT2D eigenvalue weighted by Crippen LogP contribution is 2.22. The number of aromatic nitrogens is 4. The van der Waals surface area contributed by atoms with Gasteiger partial charge in [-0.2, -0.15) is 9.61 Å². The molecule has 1 atom stereocenters. The molecule has 1 aromatic carbocycles. The van der Waals surface area contributed by atoms with E-state index in [1.165, 1.54) is 0 Å². The standard InChI is InChI=1S/C14H17N5S/c1-10(9-15)7-8-12-18-19-13(16-17-14(19)20-12)11-5-3-2-4-6-11/h2-6,10H,7-9,15H2,1H3. The molecular weight excluding hydrogens is 270 g/mol. The van der Waals surface area contributed by atoms with Crippen molar-refractivity contribution in [2.75, 3.05) is 6.54 Å². The molecule has 2 N–H and O–H groups in total. The smallest absolute Gasteiger partial charge is 0.234 e. The molecule has 104 valence electrons. The second kappa shape index (κ2) is 5.68. The Balaban J connectivity index is 1.87. The summed E-state index contributed by atoms with van der Waals surface area (Å²) < 4.78 is 1.84. The molecule has 3 aromatic rings. The van der Waals surface area contributed by atoms with Gasteiger partial charge in [0, 0.05) is 12.0 Å². The minimum Gasteiger partial charge on any atom is -0.330 e. The molecule has 0 bridgehead atoms.